The Hall–Kier alpha value is -1.37. The molecule has 3 heteroatoms. The molecular formula is C13H18N2O. The van der Waals surface area contributed by atoms with Gasteiger partial charge in [0.05, 0.1) is 11.6 Å². The van der Waals surface area contributed by atoms with Gasteiger partial charge in [-0.05, 0) is 31.2 Å². The topological polar surface area (TPSA) is 36.3 Å². The van der Waals surface area contributed by atoms with E-state index in [4.69, 9.17) is 10.00 Å². The maximum atomic E-state index is 8.79. The first-order valence-electron chi connectivity index (χ1n) is 5.43. The number of nitriles is 1. The van der Waals surface area contributed by atoms with Gasteiger partial charge < -0.3 is 9.64 Å². The zero-order chi connectivity index (χ0) is 11.8. The standard InChI is InChI=1S/C13H18N2O/c1-15(7-4-8-16-2)11-13-6-3-5-12(9-13)10-14/h3,5-6,9H,4,7-8,11H2,1-2H3. The molecule has 0 unspecified atom stereocenters. The molecule has 1 rings (SSSR count). The molecule has 0 amide bonds. The van der Waals surface area contributed by atoms with Crippen LogP contribution in [0.25, 0.3) is 0 Å². The van der Waals surface area contributed by atoms with E-state index in [1.54, 1.807) is 7.11 Å². The van der Waals surface area contributed by atoms with Gasteiger partial charge in [-0.2, -0.15) is 5.26 Å². The third-order valence-corrected chi connectivity index (χ3v) is 2.40. The molecule has 86 valence electrons. The quantitative estimate of drug-likeness (QED) is 0.685. The molecule has 0 N–H and O–H groups in total. The number of rotatable bonds is 6. The second-order valence-corrected chi connectivity index (χ2v) is 3.90. The Balaban J connectivity index is 2.43. The van der Waals surface area contributed by atoms with Crippen LogP contribution in [0.4, 0.5) is 0 Å². The zero-order valence-corrected chi connectivity index (χ0v) is 9.94. The molecular weight excluding hydrogens is 200 g/mol. The molecule has 16 heavy (non-hydrogen) atoms. The number of nitrogens with zero attached hydrogens (tertiary/aromatic N) is 2. The van der Waals surface area contributed by atoms with Gasteiger partial charge in [0.25, 0.3) is 0 Å². The predicted octanol–water partition coefficient (Wildman–Crippen LogP) is 2.03. The van der Waals surface area contributed by atoms with Gasteiger partial charge in [0, 0.05) is 26.8 Å². The lowest BCUT2D eigenvalue weighted by molar-refractivity contribution is 0.178. The smallest absolute Gasteiger partial charge is 0.0991 e. The van der Waals surface area contributed by atoms with Gasteiger partial charge in [0.15, 0.2) is 0 Å². The lowest BCUT2D eigenvalue weighted by Gasteiger charge is -2.16. The Bertz CT molecular complexity index is 357. The third kappa shape index (κ3) is 4.43. The summed E-state index contributed by atoms with van der Waals surface area (Å²) in [4.78, 5) is 2.23. The maximum Gasteiger partial charge on any atom is 0.0991 e. The van der Waals surface area contributed by atoms with Crippen LogP contribution in [0.2, 0.25) is 0 Å². The highest BCUT2D eigenvalue weighted by atomic mass is 16.5. The molecule has 1 aromatic rings. The molecule has 0 atom stereocenters. The van der Waals surface area contributed by atoms with Crippen LogP contribution in [-0.2, 0) is 11.3 Å². The van der Waals surface area contributed by atoms with Crippen LogP contribution in [0.15, 0.2) is 24.3 Å². The molecule has 0 aliphatic carbocycles. The summed E-state index contributed by atoms with van der Waals surface area (Å²) in [6.07, 6.45) is 1.03. The summed E-state index contributed by atoms with van der Waals surface area (Å²) in [7, 11) is 3.80. The first kappa shape index (κ1) is 12.7. The minimum Gasteiger partial charge on any atom is -0.385 e. The van der Waals surface area contributed by atoms with Crippen molar-refractivity contribution < 1.29 is 4.74 Å². The second-order valence-electron chi connectivity index (χ2n) is 3.90. The SMILES string of the molecule is COCCCN(C)Cc1cccc(C#N)c1. The van der Waals surface area contributed by atoms with Crippen molar-refractivity contribution in [1.82, 2.24) is 4.90 Å². The van der Waals surface area contributed by atoms with E-state index in [1.165, 1.54) is 5.56 Å². The fourth-order valence-electron chi connectivity index (χ4n) is 1.61. The number of ether oxygens (including phenoxy) is 1. The Morgan fingerprint density at radius 1 is 1.44 bits per heavy atom. The van der Waals surface area contributed by atoms with Gasteiger partial charge in [-0.25, -0.2) is 0 Å². The average Bonchev–Trinajstić information content (AvgIpc) is 2.29. The number of hydrogen-bond acceptors (Lipinski definition) is 3. The molecule has 3 nitrogen and oxygen atoms in total. The van der Waals surface area contributed by atoms with Crippen molar-refractivity contribution in [3.63, 3.8) is 0 Å². The molecule has 0 saturated heterocycles. The van der Waals surface area contributed by atoms with Crippen LogP contribution in [0.3, 0.4) is 0 Å². The Morgan fingerprint density at radius 2 is 2.25 bits per heavy atom. The van der Waals surface area contributed by atoms with E-state index in [0.29, 0.717) is 0 Å². The van der Waals surface area contributed by atoms with Crippen molar-refractivity contribution in [1.29, 1.82) is 5.26 Å². The van der Waals surface area contributed by atoms with Crippen molar-refractivity contribution in [3.8, 4) is 6.07 Å². The summed E-state index contributed by atoms with van der Waals surface area (Å²) in [5.41, 5.74) is 1.90. The van der Waals surface area contributed by atoms with Crippen LogP contribution >= 0.6 is 0 Å². The third-order valence-electron chi connectivity index (χ3n) is 2.40. The van der Waals surface area contributed by atoms with E-state index in [0.717, 1.165) is 31.7 Å². The first-order valence-corrected chi connectivity index (χ1v) is 5.43. The van der Waals surface area contributed by atoms with Gasteiger partial charge in [-0.3, -0.25) is 0 Å². The lowest BCUT2D eigenvalue weighted by Crippen LogP contribution is -2.20. The molecule has 0 heterocycles. The van der Waals surface area contributed by atoms with Crippen LogP contribution in [-0.4, -0.2) is 32.2 Å². The van der Waals surface area contributed by atoms with Gasteiger partial charge in [-0.1, -0.05) is 12.1 Å². The number of benzene rings is 1. The normalized spacial score (nSPS) is 10.4. The molecule has 1 aromatic carbocycles. The molecule has 0 radical (unpaired) electrons. The minimum atomic E-state index is 0.725. The van der Waals surface area contributed by atoms with Gasteiger partial charge in [0.1, 0.15) is 0 Å². The molecule has 0 fully saturated rings. The minimum absolute atomic E-state index is 0.725. The summed E-state index contributed by atoms with van der Waals surface area (Å²) in [5, 5.41) is 8.79. The maximum absolute atomic E-state index is 8.79. The molecule has 0 aliphatic heterocycles. The van der Waals surface area contributed by atoms with Crippen molar-refractivity contribution in [3.05, 3.63) is 35.4 Å². The molecule has 0 spiro atoms. The van der Waals surface area contributed by atoms with Crippen LogP contribution < -0.4 is 0 Å². The highest BCUT2D eigenvalue weighted by Crippen LogP contribution is 2.06. The largest absolute Gasteiger partial charge is 0.385 e. The fraction of sp³-hybridized carbons (Fsp3) is 0.462. The van der Waals surface area contributed by atoms with E-state index in [9.17, 15) is 0 Å². The molecule has 0 bridgehead atoms. The summed E-state index contributed by atoms with van der Waals surface area (Å²) in [6, 6.07) is 9.90. The predicted molar refractivity (Wildman–Crippen MR) is 64.0 cm³/mol. The Labute approximate surface area is 97.3 Å². The van der Waals surface area contributed by atoms with E-state index in [2.05, 4.69) is 18.0 Å². The lowest BCUT2D eigenvalue weighted by atomic mass is 10.1. The summed E-state index contributed by atoms with van der Waals surface area (Å²) in [5.74, 6) is 0. The Morgan fingerprint density at radius 3 is 2.94 bits per heavy atom. The van der Waals surface area contributed by atoms with E-state index >= 15 is 0 Å². The van der Waals surface area contributed by atoms with E-state index in [1.807, 2.05) is 24.3 Å². The summed E-state index contributed by atoms with van der Waals surface area (Å²) in [6.45, 7) is 2.67. The van der Waals surface area contributed by atoms with Gasteiger partial charge in [0.2, 0.25) is 0 Å². The van der Waals surface area contributed by atoms with Crippen LogP contribution in [0.1, 0.15) is 17.5 Å². The average molecular weight is 218 g/mol. The molecule has 0 saturated carbocycles. The van der Waals surface area contributed by atoms with Crippen LogP contribution in [0.5, 0.6) is 0 Å². The monoisotopic (exact) mass is 218 g/mol. The van der Waals surface area contributed by atoms with Crippen molar-refractivity contribution in [2.75, 3.05) is 27.3 Å². The van der Waals surface area contributed by atoms with Crippen molar-refractivity contribution >= 4 is 0 Å². The van der Waals surface area contributed by atoms with E-state index < -0.39 is 0 Å². The highest BCUT2D eigenvalue weighted by Gasteiger charge is 2.00. The number of hydrogen-bond donors (Lipinski definition) is 0. The zero-order valence-electron chi connectivity index (χ0n) is 9.94. The van der Waals surface area contributed by atoms with E-state index in [-0.39, 0.29) is 0 Å². The van der Waals surface area contributed by atoms with Gasteiger partial charge >= 0.3 is 0 Å². The van der Waals surface area contributed by atoms with Crippen molar-refractivity contribution in [2.24, 2.45) is 0 Å². The summed E-state index contributed by atoms with van der Waals surface area (Å²) >= 11 is 0. The van der Waals surface area contributed by atoms with Gasteiger partial charge in [-0.15, -0.1) is 0 Å². The Kier molecular flexibility index (Phi) is 5.55. The molecule has 0 aromatic heterocycles. The fourth-order valence-corrected chi connectivity index (χ4v) is 1.61. The first-order chi connectivity index (χ1) is 7.76. The number of methoxy groups -OCH3 is 1. The van der Waals surface area contributed by atoms with Crippen LogP contribution in [0, 0.1) is 11.3 Å². The van der Waals surface area contributed by atoms with Crippen molar-refractivity contribution in [2.45, 2.75) is 13.0 Å². The highest BCUT2D eigenvalue weighted by molar-refractivity contribution is 5.32. The molecule has 0 aliphatic rings. The second kappa shape index (κ2) is 7.00. The summed E-state index contributed by atoms with van der Waals surface area (Å²) < 4.78 is 5.01.